The molecule has 0 unspecified atom stereocenters. The maximum atomic E-state index is 11.8. The van der Waals surface area contributed by atoms with Gasteiger partial charge in [0.1, 0.15) is 0 Å². The summed E-state index contributed by atoms with van der Waals surface area (Å²) in [5.74, 6) is -0.331. The third-order valence-electron chi connectivity index (χ3n) is 2.75. The molecule has 0 heterocycles. The Balaban J connectivity index is 2.81. The monoisotopic (exact) mass is 316 g/mol. The maximum absolute atomic E-state index is 11.8. The molecule has 6 heteroatoms. The molecule has 0 saturated heterocycles. The fourth-order valence-corrected chi connectivity index (χ4v) is 2.27. The molecule has 4 nitrogen and oxygen atoms in total. The Morgan fingerprint density at radius 3 is 2.25 bits per heavy atom. The molecule has 0 spiro atoms. The lowest BCUT2D eigenvalue weighted by atomic mass is 10.2. The first-order valence-electron chi connectivity index (χ1n) is 6.34. The van der Waals surface area contributed by atoms with Gasteiger partial charge in [0.05, 0.1) is 15.7 Å². The van der Waals surface area contributed by atoms with Crippen LogP contribution in [0.15, 0.2) is 18.2 Å². The van der Waals surface area contributed by atoms with Gasteiger partial charge < -0.3 is 10.2 Å². The number of anilines is 1. The highest BCUT2D eigenvalue weighted by atomic mass is 35.5. The molecule has 0 saturated carbocycles. The standard InChI is InChI=1S/C14H18Cl2N2O2/c1-9(2)14(20)17-7-8-18(10(3)19)13-11(15)5-4-6-12(13)16/h4-6,9H,7-8H2,1-3H3,(H,17,20). The summed E-state index contributed by atoms with van der Waals surface area (Å²) in [5, 5.41) is 3.57. The molecule has 1 aromatic carbocycles. The average Bonchev–Trinajstić information content (AvgIpc) is 2.35. The number of amides is 2. The summed E-state index contributed by atoms with van der Waals surface area (Å²) in [6, 6.07) is 5.06. The molecule has 0 aliphatic heterocycles. The van der Waals surface area contributed by atoms with E-state index in [1.54, 1.807) is 18.2 Å². The smallest absolute Gasteiger partial charge is 0.224 e. The summed E-state index contributed by atoms with van der Waals surface area (Å²) in [6.45, 7) is 5.71. The van der Waals surface area contributed by atoms with E-state index in [9.17, 15) is 9.59 Å². The number of benzene rings is 1. The Kier molecular flexibility index (Phi) is 6.30. The van der Waals surface area contributed by atoms with E-state index in [0.29, 0.717) is 28.8 Å². The molecule has 20 heavy (non-hydrogen) atoms. The number of hydrogen-bond acceptors (Lipinski definition) is 2. The Bertz CT molecular complexity index is 484. The number of hydrogen-bond donors (Lipinski definition) is 1. The lowest BCUT2D eigenvalue weighted by molar-refractivity contribution is -0.124. The number of carbonyl (C=O) groups is 2. The highest BCUT2D eigenvalue weighted by Gasteiger charge is 2.18. The summed E-state index contributed by atoms with van der Waals surface area (Å²) in [4.78, 5) is 24.7. The van der Waals surface area contributed by atoms with Gasteiger partial charge in [0.15, 0.2) is 0 Å². The van der Waals surface area contributed by atoms with E-state index in [2.05, 4.69) is 5.32 Å². The molecule has 0 fully saturated rings. The number of para-hydroxylation sites is 1. The lowest BCUT2D eigenvalue weighted by Gasteiger charge is -2.23. The molecule has 0 aromatic heterocycles. The average molecular weight is 317 g/mol. The molecule has 0 radical (unpaired) electrons. The maximum Gasteiger partial charge on any atom is 0.224 e. The van der Waals surface area contributed by atoms with Gasteiger partial charge in [-0.3, -0.25) is 9.59 Å². The van der Waals surface area contributed by atoms with Crippen LogP contribution in [-0.4, -0.2) is 24.9 Å². The quantitative estimate of drug-likeness (QED) is 0.907. The fourth-order valence-electron chi connectivity index (χ4n) is 1.67. The zero-order valence-corrected chi connectivity index (χ0v) is 13.3. The van der Waals surface area contributed by atoms with E-state index >= 15 is 0 Å². The Morgan fingerprint density at radius 2 is 1.80 bits per heavy atom. The van der Waals surface area contributed by atoms with Gasteiger partial charge >= 0.3 is 0 Å². The molecule has 0 aliphatic rings. The van der Waals surface area contributed by atoms with Crippen LogP contribution >= 0.6 is 23.2 Å². The molecule has 0 aliphatic carbocycles. The van der Waals surface area contributed by atoms with Crippen molar-refractivity contribution in [2.75, 3.05) is 18.0 Å². The van der Waals surface area contributed by atoms with Gasteiger partial charge in [-0.25, -0.2) is 0 Å². The minimum Gasteiger partial charge on any atom is -0.354 e. The van der Waals surface area contributed by atoms with Crippen LogP contribution in [0.1, 0.15) is 20.8 Å². The minimum atomic E-state index is -0.182. The summed E-state index contributed by atoms with van der Waals surface area (Å²) in [7, 11) is 0. The van der Waals surface area contributed by atoms with Crippen LogP contribution in [-0.2, 0) is 9.59 Å². The van der Waals surface area contributed by atoms with Crippen LogP contribution in [0.5, 0.6) is 0 Å². The van der Waals surface area contributed by atoms with Crippen LogP contribution in [0.3, 0.4) is 0 Å². The van der Waals surface area contributed by atoms with Crippen molar-refractivity contribution in [2.24, 2.45) is 5.92 Å². The van der Waals surface area contributed by atoms with E-state index in [-0.39, 0.29) is 17.7 Å². The van der Waals surface area contributed by atoms with Crippen LogP contribution in [0, 0.1) is 5.92 Å². The molecule has 0 atom stereocenters. The first-order valence-corrected chi connectivity index (χ1v) is 7.10. The van der Waals surface area contributed by atoms with Gasteiger partial charge in [-0.1, -0.05) is 43.1 Å². The second-order valence-electron chi connectivity index (χ2n) is 4.69. The van der Waals surface area contributed by atoms with Crippen molar-refractivity contribution in [3.05, 3.63) is 28.2 Å². The van der Waals surface area contributed by atoms with Gasteiger partial charge in [-0.2, -0.15) is 0 Å². The SMILES string of the molecule is CC(=O)N(CCNC(=O)C(C)C)c1c(Cl)cccc1Cl. The molecule has 1 rings (SSSR count). The van der Waals surface area contributed by atoms with Crippen molar-refractivity contribution in [3.63, 3.8) is 0 Å². The zero-order chi connectivity index (χ0) is 15.3. The summed E-state index contributed by atoms with van der Waals surface area (Å²) >= 11 is 12.2. The first kappa shape index (κ1) is 16.8. The second kappa shape index (κ2) is 7.50. The molecular formula is C14H18Cl2N2O2. The molecule has 2 amide bonds. The van der Waals surface area contributed by atoms with Crippen molar-refractivity contribution in [2.45, 2.75) is 20.8 Å². The van der Waals surface area contributed by atoms with Gasteiger partial charge in [0.25, 0.3) is 0 Å². The van der Waals surface area contributed by atoms with Crippen LogP contribution in [0.2, 0.25) is 10.0 Å². The van der Waals surface area contributed by atoms with E-state index in [0.717, 1.165) is 0 Å². The van der Waals surface area contributed by atoms with Crippen molar-refractivity contribution in [1.82, 2.24) is 5.32 Å². The highest BCUT2D eigenvalue weighted by Crippen LogP contribution is 2.33. The van der Waals surface area contributed by atoms with Crippen molar-refractivity contribution < 1.29 is 9.59 Å². The molecule has 1 N–H and O–H groups in total. The van der Waals surface area contributed by atoms with Gasteiger partial charge in [0.2, 0.25) is 11.8 Å². The van der Waals surface area contributed by atoms with Gasteiger partial charge in [0, 0.05) is 25.9 Å². The van der Waals surface area contributed by atoms with E-state index in [4.69, 9.17) is 23.2 Å². The molecule has 110 valence electrons. The van der Waals surface area contributed by atoms with Gasteiger partial charge in [-0.05, 0) is 12.1 Å². The number of halogens is 2. The van der Waals surface area contributed by atoms with E-state index in [1.165, 1.54) is 11.8 Å². The number of carbonyl (C=O) groups excluding carboxylic acids is 2. The minimum absolute atomic E-state index is 0.0567. The van der Waals surface area contributed by atoms with Crippen molar-refractivity contribution >= 4 is 40.7 Å². The first-order chi connectivity index (χ1) is 9.34. The number of nitrogens with zero attached hydrogens (tertiary/aromatic N) is 1. The predicted molar refractivity (Wildman–Crippen MR) is 82.3 cm³/mol. The molecular weight excluding hydrogens is 299 g/mol. The lowest BCUT2D eigenvalue weighted by Crippen LogP contribution is -2.39. The van der Waals surface area contributed by atoms with Crippen molar-refractivity contribution in [1.29, 1.82) is 0 Å². The van der Waals surface area contributed by atoms with Crippen LogP contribution in [0.4, 0.5) is 5.69 Å². The summed E-state index contributed by atoms with van der Waals surface area (Å²) in [5.41, 5.74) is 0.474. The van der Waals surface area contributed by atoms with E-state index in [1.807, 2.05) is 13.8 Å². The number of rotatable bonds is 5. The third kappa shape index (κ3) is 4.39. The van der Waals surface area contributed by atoms with E-state index < -0.39 is 0 Å². The predicted octanol–water partition coefficient (Wildman–Crippen LogP) is 3.12. The normalized spacial score (nSPS) is 10.5. The zero-order valence-electron chi connectivity index (χ0n) is 11.7. The molecule has 1 aromatic rings. The highest BCUT2D eigenvalue weighted by molar-refractivity contribution is 6.39. The van der Waals surface area contributed by atoms with Crippen LogP contribution < -0.4 is 10.2 Å². The number of nitrogens with one attached hydrogen (secondary N) is 1. The fraction of sp³-hybridized carbons (Fsp3) is 0.429. The van der Waals surface area contributed by atoms with Crippen LogP contribution in [0.25, 0.3) is 0 Å². The molecule has 0 bridgehead atoms. The third-order valence-corrected chi connectivity index (χ3v) is 3.36. The topological polar surface area (TPSA) is 49.4 Å². The Morgan fingerprint density at radius 1 is 1.25 bits per heavy atom. The largest absolute Gasteiger partial charge is 0.354 e. The van der Waals surface area contributed by atoms with Gasteiger partial charge in [-0.15, -0.1) is 0 Å². The Hall–Kier alpha value is -1.26. The summed E-state index contributed by atoms with van der Waals surface area (Å²) in [6.07, 6.45) is 0. The van der Waals surface area contributed by atoms with Crippen molar-refractivity contribution in [3.8, 4) is 0 Å². The second-order valence-corrected chi connectivity index (χ2v) is 5.50. The Labute approximate surface area is 129 Å². The summed E-state index contributed by atoms with van der Waals surface area (Å²) < 4.78 is 0.